The number of nitrogens with zero attached hydrogens (tertiary/aromatic N) is 1. The maximum absolute atomic E-state index is 11.8. The Balaban J connectivity index is 1.21. The number of benzene rings is 4. The van der Waals surface area contributed by atoms with Crippen LogP contribution < -0.4 is 14.2 Å². The lowest BCUT2D eigenvalue weighted by Gasteiger charge is -2.37. The third kappa shape index (κ3) is 7.58. The van der Waals surface area contributed by atoms with Gasteiger partial charge in [0.2, 0.25) is 0 Å². The van der Waals surface area contributed by atoms with E-state index < -0.39 is 6.09 Å². The van der Waals surface area contributed by atoms with Crippen LogP contribution in [0.4, 0.5) is 4.79 Å². The number of rotatable bonds is 13. The first kappa shape index (κ1) is 30.2. The van der Waals surface area contributed by atoms with Crippen molar-refractivity contribution >= 4 is 16.9 Å². The third-order valence-electron chi connectivity index (χ3n) is 7.86. The van der Waals surface area contributed by atoms with E-state index in [4.69, 9.17) is 23.7 Å². The van der Waals surface area contributed by atoms with Gasteiger partial charge in [0, 0.05) is 35.2 Å². The van der Waals surface area contributed by atoms with Crippen LogP contribution in [0.25, 0.3) is 10.8 Å². The lowest BCUT2D eigenvalue weighted by atomic mass is 9.87. The summed E-state index contributed by atoms with van der Waals surface area (Å²) in [5.74, 6) is 2.29. The lowest BCUT2D eigenvalue weighted by molar-refractivity contribution is -0.0204. The second-order valence-corrected chi connectivity index (χ2v) is 10.6. The number of amides is 1. The normalized spacial score (nSPS) is 16.7. The van der Waals surface area contributed by atoms with Crippen molar-refractivity contribution in [2.45, 2.75) is 38.1 Å². The van der Waals surface area contributed by atoms with Gasteiger partial charge in [0.1, 0.15) is 17.2 Å². The minimum Gasteiger partial charge on any atom is -0.496 e. The van der Waals surface area contributed by atoms with Crippen molar-refractivity contribution in [3.8, 4) is 17.2 Å². The zero-order valence-electron chi connectivity index (χ0n) is 24.7. The lowest BCUT2D eigenvalue weighted by Crippen LogP contribution is -2.46. The Morgan fingerprint density at radius 3 is 2.35 bits per heavy atom. The molecule has 0 saturated carbocycles. The Kier molecular flexibility index (Phi) is 10.4. The molecule has 1 saturated heterocycles. The Labute approximate surface area is 252 Å². The average molecular weight is 586 g/mol. The first-order valence-electron chi connectivity index (χ1n) is 14.6. The van der Waals surface area contributed by atoms with Gasteiger partial charge < -0.3 is 33.7 Å². The third-order valence-corrected chi connectivity index (χ3v) is 7.86. The number of hydrogen-bond donors (Lipinski definition) is 1. The van der Waals surface area contributed by atoms with Crippen molar-refractivity contribution in [3.05, 3.63) is 102 Å². The smallest absolute Gasteiger partial charge is 0.407 e. The molecule has 1 aliphatic rings. The van der Waals surface area contributed by atoms with E-state index in [9.17, 15) is 9.90 Å². The zero-order chi connectivity index (χ0) is 30.0. The minimum absolute atomic E-state index is 0.0318. The number of piperidine rings is 1. The molecule has 0 bridgehead atoms. The van der Waals surface area contributed by atoms with Gasteiger partial charge in [-0.25, -0.2) is 4.79 Å². The number of carbonyl (C=O) groups is 1. The Hall–Kier alpha value is -4.27. The predicted molar refractivity (Wildman–Crippen MR) is 165 cm³/mol. The molecule has 8 nitrogen and oxygen atoms in total. The van der Waals surface area contributed by atoms with E-state index in [-0.39, 0.29) is 25.2 Å². The number of methoxy groups -OCH3 is 2. The molecule has 0 spiro atoms. The van der Waals surface area contributed by atoms with Crippen LogP contribution in [0.1, 0.15) is 35.4 Å². The predicted octanol–water partition coefficient (Wildman–Crippen LogP) is 6.90. The highest BCUT2D eigenvalue weighted by atomic mass is 16.5. The van der Waals surface area contributed by atoms with Crippen molar-refractivity contribution in [3.63, 3.8) is 0 Å². The van der Waals surface area contributed by atoms with Crippen molar-refractivity contribution in [2.75, 3.05) is 40.5 Å². The largest absolute Gasteiger partial charge is 0.496 e. The maximum atomic E-state index is 11.8. The molecule has 0 aliphatic carbocycles. The molecule has 5 rings (SSSR count). The Bertz CT molecular complexity index is 1480. The van der Waals surface area contributed by atoms with Crippen LogP contribution >= 0.6 is 0 Å². The highest BCUT2D eigenvalue weighted by Crippen LogP contribution is 2.38. The van der Waals surface area contributed by atoms with Gasteiger partial charge in [0.15, 0.2) is 0 Å². The number of ether oxygens (including phenoxy) is 5. The van der Waals surface area contributed by atoms with Gasteiger partial charge in [-0.05, 0) is 35.7 Å². The molecule has 2 unspecified atom stereocenters. The molecule has 0 radical (unpaired) electrons. The highest BCUT2D eigenvalue weighted by Gasteiger charge is 2.33. The van der Waals surface area contributed by atoms with E-state index in [2.05, 4.69) is 24.3 Å². The highest BCUT2D eigenvalue weighted by molar-refractivity contribution is 5.94. The molecule has 1 amide bonds. The molecule has 8 heteroatoms. The van der Waals surface area contributed by atoms with Crippen LogP contribution in [0.3, 0.4) is 0 Å². The summed E-state index contributed by atoms with van der Waals surface area (Å²) in [5, 5.41) is 11.6. The van der Waals surface area contributed by atoms with Gasteiger partial charge in [0.25, 0.3) is 0 Å². The second kappa shape index (κ2) is 14.8. The summed E-state index contributed by atoms with van der Waals surface area (Å²) in [4.78, 5) is 13.3. The number of likely N-dealkylation sites (tertiary alicyclic amines) is 1. The molecule has 4 aromatic rings. The van der Waals surface area contributed by atoms with Gasteiger partial charge in [-0.2, -0.15) is 0 Å². The summed E-state index contributed by atoms with van der Waals surface area (Å²) in [6.07, 6.45) is 0.184. The summed E-state index contributed by atoms with van der Waals surface area (Å²) in [5.41, 5.74) is 3.10. The average Bonchev–Trinajstić information content (AvgIpc) is 3.05. The van der Waals surface area contributed by atoms with Crippen molar-refractivity contribution in [1.29, 1.82) is 0 Å². The van der Waals surface area contributed by atoms with Crippen LogP contribution in [-0.2, 0) is 22.7 Å². The van der Waals surface area contributed by atoms with E-state index >= 15 is 0 Å². The van der Waals surface area contributed by atoms with E-state index in [1.54, 1.807) is 14.2 Å². The van der Waals surface area contributed by atoms with Gasteiger partial charge in [-0.15, -0.1) is 0 Å². The quantitative estimate of drug-likeness (QED) is 0.171. The molecule has 1 aliphatic heterocycles. The van der Waals surface area contributed by atoms with E-state index in [1.807, 2.05) is 60.7 Å². The molecule has 43 heavy (non-hydrogen) atoms. The SMILES string of the molecule is COc1cc(COC2CN(C(=O)O)CCC2c2ccc(OCCCOCc3ccccc3)cc2)c(OC)c2ccccc12. The fourth-order valence-corrected chi connectivity index (χ4v) is 5.65. The molecule has 1 fully saturated rings. The fourth-order valence-electron chi connectivity index (χ4n) is 5.65. The van der Waals surface area contributed by atoms with E-state index in [1.165, 1.54) is 4.90 Å². The molecule has 1 heterocycles. The number of hydrogen-bond acceptors (Lipinski definition) is 6. The van der Waals surface area contributed by atoms with Crippen molar-refractivity contribution in [2.24, 2.45) is 0 Å². The summed E-state index contributed by atoms with van der Waals surface area (Å²) in [6.45, 7) is 2.78. The Morgan fingerprint density at radius 2 is 1.63 bits per heavy atom. The number of fused-ring (bicyclic) bond motifs is 1. The van der Waals surface area contributed by atoms with Crippen LogP contribution in [-0.4, -0.2) is 62.7 Å². The standard InChI is InChI=1S/C35H39NO7/c1-39-32-21-27(34(40-2)31-12-7-6-11-30(31)32)24-43-33-22-36(35(37)38)18-17-29(33)26-13-15-28(16-14-26)42-20-8-19-41-23-25-9-4-3-5-10-25/h3-7,9-16,21,29,33H,8,17-20,22-24H2,1-2H3,(H,37,38). The van der Waals surface area contributed by atoms with Gasteiger partial charge in [-0.3, -0.25) is 0 Å². The molecule has 0 aromatic heterocycles. The first-order valence-corrected chi connectivity index (χ1v) is 14.6. The van der Waals surface area contributed by atoms with Gasteiger partial charge in [0.05, 0.1) is 53.3 Å². The molecule has 4 aromatic carbocycles. The first-order chi connectivity index (χ1) is 21.1. The van der Waals surface area contributed by atoms with Crippen molar-refractivity contribution in [1.82, 2.24) is 4.90 Å². The molecular weight excluding hydrogens is 546 g/mol. The van der Waals surface area contributed by atoms with E-state index in [0.29, 0.717) is 32.8 Å². The zero-order valence-corrected chi connectivity index (χ0v) is 24.7. The van der Waals surface area contributed by atoms with E-state index in [0.717, 1.165) is 51.1 Å². The minimum atomic E-state index is -0.937. The van der Waals surface area contributed by atoms with Gasteiger partial charge in [-0.1, -0.05) is 66.7 Å². The molecule has 1 N–H and O–H groups in total. The summed E-state index contributed by atoms with van der Waals surface area (Å²) in [7, 11) is 3.29. The molecule has 2 atom stereocenters. The topological polar surface area (TPSA) is 86.7 Å². The molecular formula is C35H39NO7. The fraction of sp³-hybridized carbons (Fsp3) is 0.343. The van der Waals surface area contributed by atoms with Crippen LogP contribution in [0.5, 0.6) is 17.2 Å². The van der Waals surface area contributed by atoms with Crippen LogP contribution in [0, 0.1) is 0 Å². The van der Waals surface area contributed by atoms with Gasteiger partial charge >= 0.3 is 6.09 Å². The van der Waals surface area contributed by atoms with Crippen LogP contribution in [0.15, 0.2) is 84.9 Å². The summed E-state index contributed by atoms with van der Waals surface area (Å²) < 4.78 is 29.6. The second-order valence-electron chi connectivity index (χ2n) is 10.6. The number of carboxylic acid groups (broad SMARTS) is 1. The summed E-state index contributed by atoms with van der Waals surface area (Å²) >= 11 is 0. The Morgan fingerprint density at radius 1 is 0.884 bits per heavy atom. The summed E-state index contributed by atoms with van der Waals surface area (Å²) in [6, 6.07) is 28.0. The monoisotopic (exact) mass is 585 g/mol. The van der Waals surface area contributed by atoms with Crippen molar-refractivity contribution < 1.29 is 33.6 Å². The molecule has 226 valence electrons. The maximum Gasteiger partial charge on any atom is 0.407 e. The van der Waals surface area contributed by atoms with Crippen LogP contribution in [0.2, 0.25) is 0 Å².